The molecule has 1 atom stereocenters. The van der Waals surface area contributed by atoms with Crippen molar-refractivity contribution in [1.82, 2.24) is 9.80 Å². The Morgan fingerprint density at radius 1 is 0.939 bits per heavy atom. The van der Waals surface area contributed by atoms with Crippen LogP contribution in [0.3, 0.4) is 0 Å². The Balaban J connectivity index is 1.53. The van der Waals surface area contributed by atoms with Crippen molar-refractivity contribution in [3.05, 3.63) is 94.9 Å². The zero-order valence-corrected chi connectivity index (χ0v) is 19.1. The van der Waals surface area contributed by atoms with E-state index in [1.165, 1.54) is 0 Å². The molecule has 6 nitrogen and oxygen atoms in total. The van der Waals surface area contributed by atoms with Gasteiger partial charge in [0, 0.05) is 30.3 Å². The third-order valence-electron chi connectivity index (χ3n) is 5.65. The van der Waals surface area contributed by atoms with Crippen LogP contribution in [0.5, 0.6) is 0 Å². The van der Waals surface area contributed by atoms with Crippen LogP contribution in [0.1, 0.15) is 34.5 Å². The fraction of sp³-hybridized carbons (Fsp3) is 0.308. The van der Waals surface area contributed by atoms with Crippen molar-refractivity contribution in [1.29, 1.82) is 0 Å². The Morgan fingerprint density at radius 2 is 1.73 bits per heavy atom. The highest BCUT2D eigenvalue weighted by Crippen LogP contribution is 2.18. The lowest BCUT2D eigenvalue weighted by atomic mass is 10.1. The van der Waals surface area contributed by atoms with Gasteiger partial charge in [0.15, 0.2) is 0 Å². The summed E-state index contributed by atoms with van der Waals surface area (Å²) in [5, 5.41) is 0.556. The molecule has 0 bridgehead atoms. The minimum Gasteiger partial charge on any atom is -0.467 e. The molecule has 33 heavy (non-hydrogen) atoms. The van der Waals surface area contributed by atoms with Crippen LogP contribution in [-0.2, 0) is 22.6 Å². The summed E-state index contributed by atoms with van der Waals surface area (Å²) >= 11 is 5.99. The average molecular weight is 467 g/mol. The van der Waals surface area contributed by atoms with E-state index in [0.29, 0.717) is 42.6 Å². The van der Waals surface area contributed by atoms with Crippen molar-refractivity contribution in [2.24, 2.45) is 0 Å². The first-order valence-corrected chi connectivity index (χ1v) is 11.5. The molecule has 0 radical (unpaired) electrons. The zero-order chi connectivity index (χ0) is 23.0. The largest absolute Gasteiger partial charge is 0.467 e. The van der Waals surface area contributed by atoms with E-state index in [0.717, 1.165) is 18.4 Å². The number of hydrogen-bond donors (Lipinski definition) is 0. The van der Waals surface area contributed by atoms with Gasteiger partial charge in [-0.25, -0.2) is 0 Å². The molecule has 0 aliphatic carbocycles. The number of carbonyl (C=O) groups excluding carboxylic acids is 2. The molecule has 1 aromatic heterocycles. The molecule has 0 spiro atoms. The molecular formula is C26H27ClN2O4. The molecule has 1 saturated heterocycles. The first-order valence-electron chi connectivity index (χ1n) is 11.1. The van der Waals surface area contributed by atoms with Gasteiger partial charge in [-0.1, -0.05) is 41.9 Å². The van der Waals surface area contributed by atoms with Crippen LogP contribution in [0.4, 0.5) is 0 Å². The number of carbonyl (C=O) groups is 2. The summed E-state index contributed by atoms with van der Waals surface area (Å²) < 4.78 is 11.2. The maximum Gasteiger partial charge on any atom is 0.254 e. The van der Waals surface area contributed by atoms with Gasteiger partial charge in [-0.2, -0.15) is 0 Å². The minimum atomic E-state index is -0.215. The quantitative estimate of drug-likeness (QED) is 0.455. The van der Waals surface area contributed by atoms with Gasteiger partial charge in [-0.15, -0.1) is 0 Å². The number of hydrogen-bond acceptors (Lipinski definition) is 4. The van der Waals surface area contributed by atoms with Crippen molar-refractivity contribution in [2.45, 2.75) is 32.0 Å². The molecule has 1 aliphatic rings. The third-order valence-corrected chi connectivity index (χ3v) is 5.90. The second-order valence-electron chi connectivity index (χ2n) is 8.14. The summed E-state index contributed by atoms with van der Waals surface area (Å²) in [6.07, 6.45) is 3.36. The standard InChI is InChI=1S/C26H27ClN2O4/c27-22-12-10-21(11-13-22)26(31)29(18-24-9-5-15-33-24)19-25(30)28(17-23-8-4-14-32-23)16-20-6-2-1-3-7-20/h1-4,6-8,10-14,24H,5,9,15-19H2. The summed E-state index contributed by atoms with van der Waals surface area (Å²) in [6, 6.07) is 20.1. The first kappa shape index (κ1) is 23.1. The van der Waals surface area contributed by atoms with Crippen molar-refractivity contribution in [2.75, 3.05) is 19.7 Å². The predicted octanol–water partition coefficient (Wildman–Crippen LogP) is 4.78. The van der Waals surface area contributed by atoms with Gasteiger partial charge in [0.25, 0.3) is 5.91 Å². The number of nitrogens with zero attached hydrogens (tertiary/aromatic N) is 2. The van der Waals surface area contributed by atoms with Crippen molar-refractivity contribution >= 4 is 23.4 Å². The highest BCUT2D eigenvalue weighted by Gasteiger charge is 2.27. The van der Waals surface area contributed by atoms with Gasteiger partial charge in [-0.05, 0) is 54.8 Å². The lowest BCUT2D eigenvalue weighted by molar-refractivity contribution is -0.133. The lowest BCUT2D eigenvalue weighted by Gasteiger charge is -2.29. The molecule has 3 aromatic rings. The molecule has 1 unspecified atom stereocenters. The Hall–Kier alpha value is -3.09. The highest BCUT2D eigenvalue weighted by molar-refractivity contribution is 6.30. The zero-order valence-electron chi connectivity index (χ0n) is 18.4. The summed E-state index contributed by atoms with van der Waals surface area (Å²) in [6.45, 7) is 1.75. The van der Waals surface area contributed by atoms with Crippen molar-refractivity contribution in [3.8, 4) is 0 Å². The van der Waals surface area contributed by atoms with Crippen LogP contribution >= 0.6 is 11.6 Å². The summed E-state index contributed by atoms with van der Waals surface area (Å²) in [5.41, 5.74) is 1.50. The SMILES string of the molecule is O=C(CN(CC1CCCO1)C(=O)c1ccc(Cl)cc1)N(Cc1ccccc1)Cc1ccco1. The second-order valence-corrected chi connectivity index (χ2v) is 8.58. The van der Waals surface area contributed by atoms with E-state index in [4.69, 9.17) is 20.8 Å². The number of rotatable bonds is 9. The Morgan fingerprint density at radius 3 is 2.39 bits per heavy atom. The minimum absolute atomic E-state index is 0.0468. The topological polar surface area (TPSA) is 63.0 Å². The van der Waals surface area contributed by atoms with E-state index in [9.17, 15) is 9.59 Å². The summed E-state index contributed by atoms with van der Waals surface area (Å²) in [4.78, 5) is 30.1. The van der Waals surface area contributed by atoms with Gasteiger partial charge >= 0.3 is 0 Å². The predicted molar refractivity (Wildman–Crippen MR) is 126 cm³/mol. The smallest absolute Gasteiger partial charge is 0.254 e. The fourth-order valence-electron chi connectivity index (χ4n) is 3.92. The van der Waals surface area contributed by atoms with E-state index >= 15 is 0 Å². The molecule has 4 rings (SSSR count). The van der Waals surface area contributed by atoms with Crippen molar-refractivity contribution in [3.63, 3.8) is 0 Å². The van der Waals surface area contributed by atoms with Gasteiger partial charge in [0.05, 0.1) is 18.9 Å². The molecule has 172 valence electrons. The molecule has 0 N–H and O–H groups in total. The van der Waals surface area contributed by atoms with Crippen LogP contribution in [0, 0.1) is 0 Å². The highest BCUT2D eigenvalue weighted by atomic mass is 35.5. The molecule has 2 amide bonds. The molecule has 2 heterocycles. The van der Waals surface area contributed by atoms with Gasteiger partial charge in [0.1, 0.15) is 12.3 Å². The Bertz CT molecular complexity index is 1030. The van der Waals surface area contributed by atoms with E-state index in [2.05, 4.69) is 0 Å². The van der Waals surface area contributed by atoms with Crippen LogP contribution in [-0.4, -0.2) is 47.4 Å². The Labute approximate surface area is 198 Å². The number of halogens is 1. The normalized spacial score (nSPS) is 15.4. The molecule has 2 aromatic carbocycles. The second kappa shape index (κ2) is 11.2. The monoisotopic (exact) mass is 466 g/mol. The van der Waals surface area contributed by atoms with Gasteiger partial charge in [0.2, 0.25) is 5.91 Å². The van der Waals surface area contributed by atoms with Gasteiger partial charge in [-0.3, -0.25) is 9.59 Å². The number of benzene rings is 2. The van der Waals surface area contributed by atoms with E-state index < -0.39 is 0 Å². The van der Waals surface area contributed by atoms with E-state index in [-0.39, 0.29) is 24.5 Å². The summed E-state index contributed by atoms with van der Waals surface area (Å²) in [5.74, 6) is 0.317. The number of ether oxygens (including phenoxy) is 1. The van der Waals surface area contributed by atoms with E-state index in [1.807, 2.05) is 36.4 Å². The van der Waals surface area contributed by atoms with Crippen LogP contribution in [0.25, 0.3) is 0 Å². The van der Waals surface area contributed by atoms with Crippen LogP contribution < -0.4 is 0 Å². The Kier molecular flexibility index (Phi) is 7.81. The summed E-state index contributed by atoms with van der Waals surface area (Å²) in [7, 11) is 0. The van der Waals surface area contributed by atoms with Gasteiger partial charge < -0.3 is 19.0 Å². The van der Waals surface area contributed by atoms with Crippen LogP contribution in [0.15, 0.2) is 77.4 Å². The molecule has 7 heteroatoms. The molecule has 0 saturated carbocycles. The number of furan rings is 1. The molecule has 1 aliphatic heterocycles. The molecular weight excluding hydrogens is 440 g/mol. The average Bonchev–Trinajstić information content (AvgIpc) is 3.53. The van der Waals surface area contributed by atoms with E-state index in [1.54, 1.807) is 46.4 Å². The maximum absolute atomic E-state index is 13.5. The maximum atomic E-state index is 13.5. The fourth-order valence-corrected chi connectivity index (χ4v) is 4.04. The van der Waals surface area contributed by atoms with Crippen molar-refractivity contribution < 1.29 is 18.7 Å². The lowest BCUT2D eigenvalue weighted by Crippen LogP contribution is -2.45. The third kappa shape index (κ3) is 6.46. The number of amides is 2. The van der Waals surface area contributed by atoms with Crippen LogP contribution in [0.2, 0.25) is 5.02 Å². The molecule has 1 fully saturated rings. The first-order chi connectivity index (χ1) is 16.1.